The van der Waals surface area contributed by atoms with Gasteiger partial charge in [-0.15, -0.1) is 0 Å². The minimum atomic E-state index is 0.470. The first kappa shape index (κ1) is 32.7. The molecule has 0 saturated heterocycles. The Morgan fingerprint density at radius 2 is 0.737 bits per heavy atom. The van der Waals surface area contributed by atoms with Gasteiger partial charge in [0, 0.05) is 5.92 Å². The van der Waals surface area contributed by atoms with Gasteiger partial charge in [0.2, 0.25) is 0 Å². The molecule has 2 aromatic rings. The Morgan fingerprint density at radius 1 is 0.421 bits per heavy atom. The number of aryl methyl sites for hydroxylation is 4. The van der Waals surface area contributed by atoms with Crippen LogP contribution in [-0.2, 0) is 38.5 Å². The fraction of sp³-hybridized carbons (Fsp3) is 0.684. The highest BCUT2D eigenvalue weighted by Crippen LogP contribution is 2.37. The molecule has 0 aliphatic rings. The zero-order valence-corrected chi connectivity index (χ0v) is 26.6. The highest BCUT2D eigenvalue weighted by molar-refractivity contribution is 5.50. The zero-order chi connectivity index (χ0) is 27.8. The Kier molecular flexibility index (Phi) is 16.0. The van der Waals surface area contributed by atoms with Crippen LogP contribution in [0, 0.1) is 0 Å². The van der Waals surface area contributed by atoms with Crippen LogP contribution in [0.1, 0.15) is 176 Å². The summed E-state index contributed by atoms with van der Waals surface area (Å²) in [5, 5.41) is 0. The van der Waals surface area contributed by atoms with Crippen LogP contribution in [0.25, 0.3) is 0 Å². The van der Waals surface area contributed by atoms with Crippen molar-refractivity contribution in [2.45, 2.75) is 170 Å². The van der Waals surface area contributed by atoms with Crippen molar-refractivity contribution in [1.82, 2.24) is 0 Å². The summed E-state index contributed by atoms with van der Waals surface area (Å²) in [6.45, 7) is 16.6. The quantitative estimate of drug-likeness (QED) is 0.163. The first-order valence-electron chi connectivity index (χ1n) is 16.8. The minimum Gasteiger partial charge on any atom is -0.0654 e. The lowest BCUT2D eigenvalue weighted by Gasteiger charge is -2.26. The molecule has 0 aliphatic heterocycles. The van der Waals surface area contributed by atoms with E-state index < -0.39 is 0 Å². The van der Waals surface area contributed by atoms with Gasteiger partial charge in [0.1, 0.15) is 0 Å². The normalized spacial score (nSPS) is 11.6. The summed E-state index contributed by atoms with van der Waals surface area (Å²) in [5.74, 6) is 0.470. The van der Waals surface area contributed by atoms with E-state index in [0.29, 0.717) is 5.92 Å². The fourth-order valence-corrected chi connectivity index (χ4v) is 6.14. The molecular weight excluding hydrogens is 456 g/mol. The minimum absolute atomic E-state index is 0.470. The van der Waals surface area contributed by atoms with E-state index in [4.69, 9.17) is 0 Å². The summed E-state index contributed by atoms with van der Waals surface area (Å²) in [5.41, 5.74) is 13.2. The number of unbranched alkanes of at least 4 members (excludes halogenated alkanes) is 6. The van der Waals surface area contributed by atoms with Gasteiger partial charge in [-0.1, -0.05) is 111 Å². The molecule has 0 heteroatoms. The number of hydrogen-bond donors (Lipinski definition) is 0. The lowest BCUT2D eigenvalue weighted by Crippen LogP contribution is -2.12. The fourth-order valence-electron chi connectivity index (χ4n) is 6.14. The van der Waals surface area contributed by atoms with Gasteiger partial charge < -0.3 is 0 Å². The standard InChI is InChI=1S/C38H62/c1-8-14-20-31-26-33(22-16-10-3)35(24-18-12-5)37(28-31)30(7)38-29-32(21-15-9-2)27-34(23-17-11-4)36(38)25-19-13-6/h26-30H,8-25H2,1-7H3. The summed E-state index contributed by atoms with van der Waals surface area (Å²) in [6, 6.07) is 10.5. The molecule has 0 N–H and O–H groups in total. The second-order valence-electron chi connectivity index (χ2n) is 12.0. The van der Waals surface area contributed by atoms with Gasteiger partial charge in [-0.25, -0.2) is 0 Å². The molecule has 0 spiro atoms. The number of benzene rings is 2. The molecule has 2 rings (SSSR count). The molecule has 0 fully saturated rings. The van der Waals surface area contributed by atoms with Crippen molar-refractivity contribution in [3.8, 4) is 0 Å². The molecule has 0 saturated carbocycles. The zero-order valence-electron chi connectivity index (χ0n) is 26.6. The van der Waals surface area contributed by atoms with Crippen LogP contribution >= 0.6 is 0 Å². The van der Waals surface area contributed by atoms with Gasteiger partial charge in [0.05, 0.1) is 0 Å². The van der Waals surface area contributed by atoms with Crippen LogP contribution in [0.2, 0.25) is 0 Å². The largest absolute Gasteiger partial charge is 0.0654 e. The lowest BCUT2D eigenvalue weighted by molar-refractivity contribution is 0.721. The first-order chi connectivity index (χ1) is 18.5. The molecular formula is C38H62. The van der Waals surface area contributed by atoms with Gasteiger partial charge in [-0.3, -0.25) is 0 Å². The Bertz CT molecular complexity index is 843. The Hall–Kier alpha value is -1.56. The molecule has 38 heavy (non-hydrogen) atoms. The molecule has 0 heterocycles. The van der Waals surface area contributed by atoms with E-state index in [-0.39, 0.29) is 0 Å². The van der Waals surface area contributed by atoms with Gasteiger partial charge >= 0.3 is 0 Å². The van der Waals surface area contributed by atoms with Crippen molar-refractivity contribution in [3.05, 3.63) is 68.8 Å². The van der Waals surface area contributed by atoms with Crippen LogP contribution < -0.4 is 0 Å². The molecule has 214 valence electrons. The van der Waals surface area contributed by atoms with Crippen molar-refractivity contribution < 1.29 is 0 Å². The molecule has 0 amide bonds. The Labute approximate surface area is 238 Å². The van der Waals surface area contributed by atoms with E-state index in [1.165, 1.54) is 116 Å². The van der Waals surface area contributed by atoms with Crippen LogP contribution in [0.5, 0.6) is 0 Å². The maximum absolute atomic E-state index is 2.65. The third kappa shape index (κ3) is 9.88. The van der Waals surface area contributed by atoms with Crippen LogP contribution in [-0.4, -0.2) is 0 Å². The number of rotatable bonds is 20. The summed E-state index contributed by atoms with van der Waals surface area (Å²) in [6.07, 6.45) is 22.9. The average molecular weight is 519 g/mol. The molecule has 0 atom stereocenters. The Morgan fingerprint density at radius 3 is 1.08 bits per heavy atom. The second kappa shape index (κ2) is 18.7. The number of hydrogen-bond acceptors (Lipinski definition) is 0. The SMILES string of the molecule is CCCCc1cc(CCCC)c(CCCC)c(C(C)c2cc(CCCC)cc(CCCC)c2CCCC)c1. The molecule has 2 aromatic carbocycles. The third-order valence-electron chi connectivity index (χ3n) is 8.60. The highest BCUT2D eigenvalue weighted by Gasteiger charge is 2.22. The molecule has 0 aromatic heterocycles. The average Bonchev–Trinajstić information content (AvgIpc) is 2.94. The van der Waals surface area contributed by atoms with Gasteiger partial charge in [0.15, 0.2) is 0 Å². The van der Waals surface area contributed by atoms with E-state index in [2.05, 4.69) is 72.7 Å². The second-order valence-corrected chi connectivity index (χ2v) is 12.0. The van der Waals surface area contributed by atoms with E-state index in [0.717, 1.165) is 0 Å². The van der Waals surface area contributed by atoms with Crippen LogP contribution in [0.4, 0.5) is 0 Å². The molecule has 0 aliphatic carbocycles. The van der Waals surface area contributed by atoms with Gasteiger partial charge in [0.25, 0.3) is 0 Å². The van der Waals surface area contributed by atoms with Crippen LogP contribution in [0.3, 0.4) is 0 Å². The van der Waals surface area contributed by atoms with Crippen molar-refractivity contribution in [3.63, 3.8) is 0 Å². The van der Waals surface area contributed by atoms with Crippen molar-refractivity contribution >= 4 is 0 Å². The predicted octanol–water partition coefficient (Wildman–Crippen LogP) is 11.9. The topological polar surface area (TPSA) is 0 Å². The maximum atomic E-state index is 2.65. The highest BCUT2D eigenvalue weighted by atomic mass is 14.3. The van der Waals surface area contributed by atoms with E-state index in [9.17, 15) is 0 Å². The summed E-state index contributed by atoms with van der Waals surface area (Å²) in [4.78, 5) is 0. The molecule has 0 nitrogen and oxygen atoms in total. The maximum Gasteiger partial charge on any atom is 0.00668 e. The summed E-state index contributed by atoms with van der Waals surface area (Å²) >= 11 is 0. The van der Waals surface area contributed by atoms with E-state index >= 15 is 0 Å². The summed E-state index contributed by atoms with van der Waals surface area (Å²) in [7, 11) is 0. The van der Waals surface area contributed by atoms with Crippen LogP contribution in [0.15, 0.2) is 24.3 Å². The van der Waals surface area contributed by atoms with Crippen molar-refractivity contribution in [2.24, 2.45) is 0 Å². The van der Waals surface area contributed by atoms with Gasteiger partial charge in [-0.2, -0.15) is 0 Å². The van der Waals surface area contributed by atoms with E-state index in [1.54, 1.807) is 44.5 Å². The van der Waals surface area contributed by atoms with E-state index in [1.807, 2.05) is 0 Å². The smallest absolute Gasteiger partial charge is 0.00668 e. The first-order valence-corrected chi connectivity index (χ1v) is 16.8. The molecule has 0 unspecified atom stereocenters. The summed E-state index contributed by atoms with van der Waals surface area (Å²) < 4.78 is 0. The molecule has 0 radical (unpaired) electrons. The van der Waals surface area contributed by atoms with Crippen molar-refractivity contribution in [1.29, 1.82) is 0 Å². The predicted molar refractivity (Wildman–Crippen MR) is 172 cm³/mol. The van der Waals surface area contributed by atoms with Crippen molar-refractivity contribution in [2.75, 3.05) is 0 Å². The Balaban J connectivity index is 2.74. The van der Waals surface area contributed by atoms with Gasteiger partial charge in [-0.05, 0) is 122 Å². The molecule has 0 bridgehead atoms. The lowest BCUT2D eigenvalue weighted by atomic mass is 9.78. The monoisotopic (exact) mass is 518 g/mol. The third-order valence-corrected chi connectivity index (χ3v) is 8.60.